The molecule has 0 radical (unpaired) electrons. The Morgan fingerprint density at radius 1 is 0.966 bits per heavy atom. The summed E-state index contributed by atoms with van der Waals surface area (Å²) in [6.45, 7) is -0.105. The van der Waals surface area contributed by atoms with Crippen molar-refractivity contribution in [3.05, 3.63) is 112 Å². The normalized spacial score (nSPS) is 11.9. The zero-order valence-corrected chi connectivity index (χ0v) is 16.2. The summed E-state index contributed by atoms with van der Waals surface area (Å²) >= 11 is 6.16. The summed E-state index contributed by atoms with van der Waals surface area (Å²) in [4.78, 5) is 29.4. The van der Waals surface area contributed by atoms with Gasteiger partial charge in [0.1, 0.15) is 6.54 Å². The molecule has 0 bridgehead atoms. The predicted octanol–water partition coefficient (Wildman–Crippen LogP) is 3.96. The van der Waals surface area contributed by atoms with Gasteiger partial charge < -0.3 is 5.32 Å². The van der Waals surface area contributed by atoms with E-state index in [1.54, 1.807) is 12.1 Å². The summed E-state index contributed by atoms with van der Waals surface area (Å²) in [6.07, 6.45) is 1.24. The molecule has 1 atom stereocenters. The number of carbonyl (C=O) groups excluding carboxylic acids is 1. The summed E-state index contributed by atoms with van der Waals surface area (Å²) < 4.78 is 1.43. The summed E-state index contributed by atoms with van der Waals surface area (Å²) in [5, 5.41) is 3.63. The van der Waals surface area contributed by atoms with Crippen LogP contribution < -0.4 is 10.9 Å². The Morgan fingerprint density at radius 3 is 2.48 bits per heavy atom. The van der Waals surface area contributed by atoms with Gasteiger partial charge in [-0.2, -0.15) is 0 Å². The Kier molecular flexibility index (Phi) is 5.40. The maximum Gasteiger partial charge on any atom is 0.269 e. The molecule has 4 rings (SSSR count). The molecule has 0 fully saturated rings. The number of benzene rings is 3. The number of halogens is 1. The van der Waals surface area contributed by atoms with Crippen LogP contribution in [0.2, 0.25) is 5.02 Å². The van der Waals surface area contributed by atoms with Crippen LogP contribution in [-0.4, -0.2) is 15.5 Å². The molecule has 0 aliphatic rings. The Balaban J connectivity index is 1.66. The SMILES string of the molecule is O=C(Cn1c(=O)cnc2ccccc21)NC(c1ccccc1)c1cccc(Cl)c1. The fourth-order valence-electron chi connectivity index (χ4n) is 3.32. The highest BCUT2D eigenvalue weighted by Gasteiger charge is 2.18. The highest BCUT2D eigenvalue weighted by atomic mass is 35.5. The van der Waals surface area contributed by atoms with Crippen LogP contribution in [0, 0.1) is 0 Å². The Hall–Kier alpha value is -3.44. The number of hydrogen-bond acceptors (Lipinski definition) is 3. The zero-order valence-electron chi connectivity index (χ0n) is 15.5. The second kappa shape index (κ2) is 8.29. The molecule has 3 aromatic carbocycles. The third-order valence-electron chi connectivity index (χ3n) is 4.67. The van der Waals surface area contributed by atoms with Gasteiger partial charge in [-0.15, -0.1) is 0 Å². The first-order chi connectivity index (χ1) is 14.1. The van der Waals surface area contributed by atoms with Gasteiger partial charge in [0.15, 0.2) is 0 Å². The first-order valence-electron chi connectivity index (χ1n) is 9.16. The van der Waals surface area contributed by atoms with Crippen LogP contribution >= 0.6 is 11.6 Å². The van der Waals surface area contributed by atoms with Crippen LogP contribution in [0.5, 0.6) is 0 Å². The summed E-state index contributed by atoms with van der Waals surface area (Å²) in [7, 11) is 0. The van der Waals surface area contributed by atoms with Gasteiger partial charge in [-0.05, 0) is 35.4 Å². The average molecular weight is 404 g/mol. The molecule has 1 amide bonds. The van der Waals surface area contributed by atoms with Crippen LogP contribution in [0.25, 0.3) is 11.0 Å². The minimum Gasteiger partial charge on any atom is -0.344 e. The number of amides is 1. The molecular formula is C23H18ClN3O2. The number of para-hydroxylation sites is 2. The van der Waals surface area contributed by atoms with Crippen LogP contribution in [0.1, 0.15) is 17.2 Å². The molecule has 1 aromatic heterocycles. The Morgan fingerprint density at radius 2 is 1.69 bits per heavy atom. The van der Waals surface area contributed by atoms with Gasteiger partial charge in [0.05, 0.1) is 23.3 Å². The highest BCUT2D eigenvalue weighted by Crippen LogP contribution is 2.24. The number of nitrogens with one attached hydrogen (secondary N) is 1. The molecule has 144 valence electrons. The number of fused-ring (bicyclic) bond motifs is 1. The summed E-state index contributed by atoms with van der Waals surface area (Å²) in [5.74, 6) is -0.280. The predicted molar refractivity (Wildman–Crippen MR) is 114 cm³/mol. The maximum absolute atomic E-state index is 12.9. The molecule has 0 aliphatic heterocycles. The van der Waals surface area contributed by atoms with Crippen molar-refractivity contribution in [3.8, 4) is 0 Å². The van der Waals surface area contributed by atoms with Crippen molar-refractivity contribution < 1.29 is 4.79 Å². The van der Waals surface area contributed by atoms with Gasteiger partial charge in [0.2, 0.25) is 5.91 Å². The van der Waals surface area contributed by atoms with E-state index in [0.717, 1.165) is 11.1 Å². The molecule has 0 saturated heterocycles. The van der Waals surface area contributed by atoms with E-state index in [0.29, 0.717) is 16.1 Å². The van der Waals surface area contributed by atoms with E-state index in [1.165, 1.54) is 10.8 Å². The van der Waals surface area contributed by atoms with Gasteiger partial charge in [0, 0.05) is 5.02 Å². The Bertz CT molecular complexity index is 1220. The first kappa shape index (κ1) is 18.9. The fraction of sp³-hybridized carbons (Fsp3) is 0.0870. The van der Waals surface area contributed by atoms with Crippen molar-refractivity contribution in [3.63, 3.8) is 0 Å². The maximum atomic E-state index is 12.9. The number of nitrogens with zero attached hydrogens (tertiary/aromatic N) is 2. The topological polar surface area (TPSA) is 64.0 Å². The lowest BCUT2D eigenvalue weighted by molar-refractivity contribution is -0.122. The molecule has 29 heavy (non-hydrogen) atoms. The van der Waals surface area contributed by atoms with Crippen molar-refractivity contribution in [1.82, 2.24) is 14.9 Å². The third-order valence-corrected chi connectivity index (χ3v) is 4.91. The van der Waals surface area contributed by atoms with Crippen molar-refractivity contribution >= 4 is 28.5 Å². The summed E-state index contributed by atoms with van der Waals surface area (Å²) in [6, 6.07) is 23.9. The van der Waals surface area contributed by atoms with Crippen molar-refractivity contribution in [1.29, 1.82) is 0 Å². The monoisotopic (exact) mass is 403 g/mol. The van der Waals surface area contributed by atoms with Crippen LogP contribution in [0.15, 0.2) is 89.9 Å². The average Bonchev–Trinajstić information content (AvgIpc) is 2.75. The molecule has 4 aromatic rings. The second-order valence-electron chi connectivity index (χ2n) is 6.64. The van der Waals surface area contributed by atoms with E-state index in [4.69, 9.17) is 11.6 Å². The molecule has 0 aliphatic carbocycles. The molecule has 1 heterocycles. The largest absolute Gasteiger partial charge is 0.344 e. The number of rotatable bonds is 5. The zero-order chi connectivity index (χ0) is 20.2. The molecule has 1 N–H and O–H groups in total. The Labute approximate surface area is 172 Å². The van der Waals surface area contributed by atoms with Crippen LogP contribution in [-0.2, 0) is 11.3 Å². The third kappa shape index (κ3) is 4.20. The molecular weight excluding hydrogens is 386 g/mol. The smallest absolute Gasteiger partial charge is 0.269 e. The van der Waals surface area contributed by atoms with Crippen LogP contribution in [0.3, 0.4) is 0 Å². The standard InChI is InChI=1S/C23H18ClN3O2/c24-18-10-6-9-17(13-18)23(16-7-2-1-3-8-16)26-21(28)15-27-20-12-5-4-11-19(20)25-14-22(27)29/h1-14,23H,15H2,(H,26,28). The van der Waals surface area contributed by atoms with E-state index in [1.807, 2.05) is 66.7 Å². The minimum absolute atomic E-state index is 0.105. The van der Waals surface area contributed by atoms with Gasteiger partial charge in [-0.1, -0.05) is 66.2 Å². The second-order valence-corrected chi connectivity index (χ2v) is 7.07. The fourth-order valence-corrected chi connectivity index (χ4v) is 3.52. The summed E-state index contributed by atoms with van der Waals surface area (Å²) in [5.41, 5.74) is 2.75. The van der Waals surface area contributed by atoms with E-state index < -0.39 is 0 Å². The van der Waals surface area contributed by atoms with Crippen molar-refractivity contribution in [2.75, 3.05) is 0 Å². The van der Waals surface area contributed by atoms with E-state index in [-0.39, 0.29) is 24.1 Å². The van der Waals surface area contributed by atoms with Gasteiger partial charge >= 0.3 is 0 Å². The van der Waals surface area contributed by atoms with Crippen molar-refractivity contribution in [2.24, 2.45) is 0 Å². The molecule has 0 spiro atoms. The number of aromatic nitrogens is 2. The van der Waals surface area contributed by atoms with Gasteiger partial charge in [-0.25, -0.2) is 4.98 Å². The number of hydrogen-bond donors (Lipinski definition) is 1. The minimum atomic E-state index is -0.383. The molecule has 0 saturated carbocycles. The van der Waals surface area contributed by atoms with E-state index in [2.05, 4.69) is 10.3 Å². The highest BCUT2D eigenvalue weighted by molar-refractivity contribution is 6.30. The van der Waals surface area contributed by atoms with E-state index in [9.17, 15) is 9.59 Å². The molecule has 6 heteroatoms. The van der Waals surface area contributed by atoms with Crippen molar-refractivity contribution in [2.45, 2.75) is 12.6 Å². The molecule has 1 unspecified atom stereocenters. The lowest BCUT2D eigenvalue weighted by Crippen LogP contribution is -2.35. The first-order valence-corrected chi connectivity index (χ1v) is 9.54. The lowest BCUT2D eigenvalue weighted by Gasteiger charge is -2.21. The van der Waals surface area contributed by atoms with Gasteiger partial charge in [-0.3, -0.25) is 14.2 Å². The quantitative estimate of drug-likeness (QED) is 0.548. The number of carbonyl (C=O) groups is 1. The molecule has 5 nitrogen and oxygen atoms in total. The van der Waals surface area contributed by atoms with Gasteiger partial charge in [0.25, 0.3) is 5.56 Å². The van der Waals surface area contributed by atoms with E-state index >= 15 is 0 Å². The lowest BCUT2D eigenvalue weighted by atomic mass is 9.98. The van der Waals surface area contributed by atoms with Crippen LogP contribution in [0.4, 0.5) is 0 Å².